The molecule has 1 saturated carbocycles. The van der Waals surface area contributed by atoms with Gasteiger partial charge in [0.1, 0.15) is 5.82 Å². The van der Waals surface area contributed by atoms with Crippen molar-refractivity contribution >= 4 is 11.6 Å². The molecule has 1 saturated heterocycles. The van der Waals surface area contributed by atoms with Gasteiger partial charge in [-0.3, -0.25) is 4.90 Å². The number of rotatable bonds is 3. The first-order valence-corrected chi connectivity index (χ1v) is 7.03. The molecule has 18 heavy (non-hydrogen) atoms. The Labute approximate surface area is 112 Å². The van der Waals surface area contributed by atoms with E-state index in [0.29, 0.717) is 12.0 Å². The van der Waals surface area contributed by atoms with E-state index in [1.165, 1.54) is 12.8 Å². The molecule has 0 unspecified atom stereocenters. The average molecular weight is 269 g/mol. The number of piperazine rings is 1. The number of hydrogen-bond donors (Lipinski definition) is 1. The Hall–Kier alpha value is -0.640. The van der Waals surface area contributed by atoms with E-state index in [2.05, 4.69) is 10.2 Å². The van der Waals surface area contributed by atoms with Gasteiger partial charge in [0.05, 0.1) is 5.02 Å². The standard InChI is InChI=1S/C14H18ClFN2/c15-12-4-3-11(9-13(12)16)14(10-1-2-10)18-7-5-17-6-8-18/h3-4,9-10,14,17H,1-2,5-8H2/t14-/m0/s1. The van der Waals surface area contributed by atoms with Crippen LogP contribution in [0.4, 0.5) is 4.39 Å². The van der Waals surface area contributed by atoms with Crippen molar-refractivity contribution in [2.24, 2.45) is 5.92 Å². The van der Waals surface area contributed by atoms with Crippen LogP contribution >= 0.6 is 11.6 Å². The second kappa shape index (κ2) is 5.16. The molecular weight excluding hydrogens is 251 g/mol. The van der Waals surface area contributed by atoms with E-state index in [0.717, 1.165) is 31.7 Å². The number of nitrogens with one attached hydrogen (secondary N) is 1. The van der Waals surface area contributed by atoms with E-state index in [-0.39, 0.29) is 10.8 Å². The van der Waals surface area contributed by atoms with Crippen molar-refractivity contribution in [3.05, 3.63) is 34.6 Å². The largest absolute Gasteiger partial charge is 0.314 e. The van der Waals surface area contributed by atoms with Gasteiger partial charge in [-0.1, -0.05) is 17.7 Å². The topological polar surface area (TPSA) is 15.3 Å². The molecule has 1 aliphatic heterocycles. The highest BCUT2D eigenvalue weighted by atomic mass is 35.5. The zero-order valence-corrected chi connectivity index (χ0v) is 11.1. The zero-order valence-electron chi connectivity index (χ0n) is 10.3. The molecule has 98 valence electrons. The van der Waals surface area contributed by atoms with Crippen LogP contribution in [0.2, 0.25) is 5.02 Å². The summed E-state index contributed by atoms with van der Waals surface area (Å²) in [6.45, 7) is 4.15. The molecule has 0 spiro atoms. The maximum atomic E-state index is 13.6. The molecule has 3 rings (SSSR count). The molecule has 0 aromatic heterocycles. The van der Waals surface area contributed by atoms with Gasteiger partial charge in [0.15, 0.2) is 0 Å². The third-order valence-corrected chi connectivity index (χ3v) is 4.21. The lowest BCUT2D eigenvalue weighted by Crippen LogP contribution is -2.45. The zero-order chi connectivity index (χ0) is 12.5. The Morgan fingerprint density at radius 3 is 2.61 bits per heavy atom. The minimum Gasteiger partial charge on any atom is -0.314 e. The SMILES string of the molecule is Fc1cc([C@H](C2CC2)N2CCNCC2)ccc1Cl. The van der Waals surface area contributed by atoms with E-state index in [4.69, 9.17) is 11.6 Å². The molecule has 0 radical (unpaired) electrons. The number of benzene rings is 1. The molecular formula is C14H18ClFN2. The van der Waals surface area contributed by atoms with Crippen LogP contribution in [-0.2, 0) is 0 Å². The maximum absolute atomic E-state index is 13.6. The molecule has 1 heterocycles. The number of hydrogen-bond acceptors (Lipinski definition) is 2. The van der Waals surface area contributed by atoms with Gasteiger partial charge in [0.25, 0.3) is 0 Å². The van der Waals surface area contributed by atoms with Gasteiger partial charge < -0.3 is 5.32 Å². The Morgan fingerprint density at radius 2 is 2.00 bits per heavy atom. The number of halogens is 2. The predicted molar refractivity (Wildman–Crippen MR) is 71.3 cm³/mol. The Kier molecular flexibility index (Phi) is 3.55. The summed E-state index contributed by atoms with van der Waals surface area (Å²) in [6, 6.07) is 5.66. The minimum absolute atomic E-state index is 0.216. The molecule has 1 aromatic rings. The van der Waals surface area contributed by atoms with Crippen LogP contribution in [0.3, 0.4) is 0 Å². The Bertz CT molecular complexity index is 428. The summed E-state index contributed by atoms with van der Waals surface area (Å²) < 4.78 is 13.6. The molecule has 0 bridgehead atoms. The average Bonchev–Trinajstić information content (AvgIpc) is 3.20. The third kappa shape index (κ3) is 2.53. The summed E-state index contributed by atoms with van der Waals surface area (Å²) in [7, 11) is 0. The Morgan fingerprint density at radius 1 is 1.28 bits per heavy atom. The highest BCUT2D eigenvalue weighted by Gasteiger charge is 2.36. The lowest BCUT2D eigenvalue weighted by atomic mass is 9.99. The molecule has 1 atom stereocenters. The maximum Gasteiger partial charge on any atom is 0.142 e. The molecule has 0 amide bonds. The molecule has 1 aromatic carbocycles. The van der Waals surface area contributed by atoms with Gasteiger partial charge in [0, 0.05) is 32.2 Å². The fourth-order valence-corrected chi connectivity index (χ4v) is 2.97. The van der Waals surface area contributed by atoms with Crippen molar-refractivity contribution in [3.8, 4) is 0 Å². The van der Waals surface area contributed by atoms with Crippen LogP contribution in [0.1, 0.15) is 24.4 Å². The lowest BCUT2D eigenvalue weighted by molar-refractivity contribution is 0.156. The smallest absolute Gasteiger partial charge is 0.142 e. The van der Waals surface area contributed by atoms with Gasteiger partial charge in [0.2, 0.25) is 0 Å². The van der Waals surface area contributed by atoms with Crippen molar-refractivity contribution in [2.75, 3.05) is 26.2 Å². The quantitative estimate of drug-likeness (QED) is 0.907. The highest BCUT2D eigenvalue weighted by molar-refractivity contribution is 6.30. The first kappa shape index (κ1) is 12.4. The third-order valence-electron chi connectivity index (χ3n) is 3.90. The summed E-state index contributed by atoms with van der Waals surface area (Å²) in [5, 5.41) is 3.58. The van der Waals surface area contributed by atoms with Crippen LogP contribution in [0.5, 0.6) is 0 Å². The summed E-state index contributed by atoms with van der Waals surface area (Å²) in [5.74, 6) is 0.402. The van der Waals surface area contributed by atoms with E-state index < -0.39 is 0 Å². The summed E-state index contributed by atoms with van der Waals surface area (Å²) in [6.07, 6.45) is 2.53. The van der Waals surface area contributed by atoms with Crippen molar-refractivity contribution in [3.63, 3.8) is 0 Å². The first-order chi connectivity index (χ1) is 8.75. The number of nitrogens with zero attached hydrogens (tertiary/aromatic N) is 1. The van der Waals surface area contributed by atoms with Crippen molar-refractivity contribution < 1.29 is 4.39 Å². The monoisotopic (exact) mass is 268 g/mol. The second-order valence-corrected chi connectivity index (χ2v) is 5.65. The van der Waals surface area contributed by atoms with Crippen molar-refractivity contribution in [1.82, 2.24) is 10.2 Å². The van der Waals surface area contributed by atoms with Crippen molar-refractivity contribution in [2.45, 2.75) is 18.9 Å². The summed E-state index contributed by atoms with van der Waals surface area (Å²) in [5.41, 5.74) is 1.08. The van der Waals surface area contributed by atoms with Crippen LogP contribution < -0.4 is 5.32 Å². The van der Waals surface area contributed by atoms with Crippen LogP contribution in [0, 0.1) is 11.7 Å². The molecule has 4 heteroatoms. The summed E-state index contributed by atoms with van der Waals surface area (Å²) >= 11 is 5.77. The normalized spacial score (nSPS) is 23.0. The van der Waals surface area contributed by atoms with Gasteiger partial charge >= 0.3 is 0 Å². The first-order valence-electron chi connectivity index (χ1n) is 6.65. The van der Waals surface area contributed by atoms with E-state index in [9.17, 15) is 4.39 Å². The van der Waals surface area contributed by atoms with Crippen LogP contribution in [0.25, 0.3) is 0 Å². The summed E-state index contributed by atoms with van der Waals surface area (Å²) in [4.78, 5) is 2.48. The molecule has 2 fully saturated rings. The van der Waals surface area contributed by atoms with E-state index >= 15 is 0 Å². The lowest BCUT2D eigenvalue weighted by Gasteiger charge is -2.35. The Balaban J connectivity index is 1.85. The fraction of sp³-hybridized carbons (Fsp3) is 0.571. The van der Waals surface area contributed by atoms with Crippen LogP contribution in [0.15, 0.2) is 18.2 Å². The second-order valence-electron chi connectivity index (χ2n) is 5.24. The highest BCUT2D eigenvalue weighted by Crippen LogP contribution is 2.45. The van der Waals surface area contributed by atoms with E-state index in [1.807, 2.05) is 6.07 Å². The van der Waals surface area contributed by atoms with Gasteiger partial charge in [-0.15, -0.1) is 0 Å². The molecule has 1 aliphatic carbocycles. The minimum atomic E-state index is -0.296. The molecule has 2 nitrogen and oxygen atoms in total. The van der Waals surface area contributed by atoms with Gasteiger partial charge in [-0.2, -0.15) is 0 Å². The van der Waals surface area contributed by atoms with Gasteiger partial charge in [-0.25, -0.2) is 4.39 Å². The van der Waals surface area contributed by atoms with Gasteiger partial charge in [-0.05, 0) is 36.5 Å². The molecule has 1 N–H and O–H groups in total. The van der Waals surface area contributed by atoms with Crippen molar-refractivity contribution in [1.29, 1.82) is 0 Å². The predicted octanol–water partition coefficient (Wildman–Crippen LogP) is 2.84. The molecule has 2 aliphatic rings. The fourth-order valence-electron chi connectivity index (χ4n) is 2.85. The van der Waals surface area contributed by atoms with Crippen LogP contribution in [-0.4, -0.2) is 31.1 Å². The van der Waals surface area contributed by atoms with E-state index in [1.54, 1.807) is 12.1 Å².